The van der Waals surface area contributed by atoms with Gasteiger partial charge >= 0.3 is 17.1 Å². The number of para-hydroxylation sites is 1. The zero-order valence-electron chi connectivity index (χ0n) is 13.4. The lowest BCUT2D eigenvalue weighted by atomic mass is 10.0. The molecule has 0 aromatic heterocycles. The number of halogens is 3. The van der Waals surface area contributed by atoms with Crippen LogP contribution in [0.15, 0.2) is 29.8 Å². The van der Waals surface area contributed by atoms with Gasteiger partial charge in [-0.15, -0.1) is 0 Å². The van der Waals surface area contributed by atoms with Gasteiger partial charge in [-0.05, 0) is 12.1 Å². The first-order valence-corrected chi connectivity index (χ1v) is 8.76. The van der Waals surface area contributed by atoms with Crippen LogP contribution in [0.4, 0.5) is 13.2 Å². The molecule has 0 saturated carbocycles. The first kappa shape index (κ1) is 19.3. The number of rotatable bonds is 5. The maximum absolute atomic E-state index is 14.0. The summed E-state index contributed by atoms with van der Waals surface area (Å²) in [5.74, 6) is -2.39. The molecule has 1 aliphatic heterocycles. The predicted molar refractivity (Wildman–Crippen MR) is 83.3 cm³/mol. The van der Waals surface area contributed by atoms with Gasteiger partial charge < -0.3 is 9.84 Å². The van der Waals surface area contributed by atoms with Crippen molar-refractivity contribution in [2.24, 2.45) is 0 Å². The normalized spacial score (nSPS) is 20.6. The lowest BCUT2D eigenvalue weighted by molar-refractivity contribution is -0.204. The average molecular weight is 379 g/mol. The van der Waals surface area contributed by atoms with Gasteiger partial charge in [0.05, 0.1) is 0 Å². The monoisotopic (exact) mass is 379 g/mol. The molecule has 1 aromatic rings. The van der Waals surface area contributed by atoms with E-state index in [0.717, 1.165) is 6.07 Å². The van der Waals surface area contributed by atoms with Crippen molar-refractivity contribution in [2.75, 3.05) is 13.1 Å². The van der Waals surface area contributed by atoms with Crippen molar-refractivity contribution in [3.05, 3.63) is 35.4 Å². The Labute approximate surface area is 142 Å². The van der Waals surface area contributed by atoms with Crippen LogP contribution in [-0.2, 0) is 14.8 Å². The number of carboxylic acids is 1. The van der Waals surface area contributed by atoms with Crippen LogP contribution in [0.2, 0.25) is 0 Å². The summed E-state index contributed by atoms with van der Waals surface area (Å²) in [6.07, 6.45) is -4.83. The number of aliphatic carboxylic acids is 1. The fourth-order valence-electron chi connectivity index (χ4n) is 2.65. The van der Waals surface area contributed by atoms with E-state index in [0.29, 0.717) is 10.4 Å². The van der Waals surface area contributed by atoms with Crippen LogP contribution in [0, 0.1) is 0 Å². The molecule has 0 fully saturated rings. The second kappa shape index (κ2) is 6.34. The summed E-state index contributed by atoms with van der Waals surface area (Å²) in [7, 11) is -5.24. The Balaban J connectivity index is 2.88. The molecule has 0 amide bonds. The first-order chi connectivity index (χ1) is 11.5. The van der Waals surface area contributed by atoms with Gasteiger partial charge in [0.15, 0.2) is 0 Å². The van der Waals surface area contributed by atoms with Gasteiger partial charge in [-0.1, -0.05) is 32.0 Å². The number of hydrogen-bond acceptors (Lipinski definition) is 4. The number of carbonyl (C=O) groups is 1. The molecular weight excluding hydrogens is 363 g/mol. The second-order valence-corrected chi connectivity index (χ2v) is 7.25. The summed E-state index contributed by atoms with van der Waals surface area (Å²) in [6, 6.07) is 5.33. The minimum atomic E-state index is -5.52. The summed E-state index contributed by atoms with van der Waals surface area (Å²) in [5.41, 5.74) is -1.35. The fraction of sp³-hybridized carbons (Fsp3) is 0.400. The molecular formula is C15H16F3NO5S. The Morgan fingerprint density at radius 1 is 1.24 bits per heavy atom. The third-order valence-corrected chi connectivity index (χ3v) is 6.30. The van der Waals surface area contributed by atoms with Crippen molar-refractivity contribution in [2.45, 2.75) is 25.0 Å². The van der Waals surface area contributed by atoms with Crippen LogP contribution in [0.25, 0.3) is 6.08 Å². The fourth-order valence-corrected chi connectivity index (χ4v) is 4.60. The molecule has 0 aliphatic carbocycles. The van der Waals surface area contributed by atoms with E-state index in [2.05, 4.69) is 0 Å². The molecule has 0 bridgehead atoms. The molecule has 1 heterocycles. The topological polar surface area (TPSA) is 83.9 Å². The van der Waals surface area contributed by atoms with E-state index in [4.69, 9.17) is 4.74 Å². The lowest BCUT2D eigenvalue weighted by Crippen LogP contribution is -2.64. The van der Waals surface area contributed by atoms with Crippen molar-refractivity contribution >= 4 is 22.1 Å². The number of nitrogens with zero attached hydrogens (tertiary/aromatic N) is 1. The molecule has 0 spiro atoms. The number of ether oxygens (including phenoxy) is 1. The highest BCUT2D eigenvalue weighted by atomic mass is 32.2. The summed E-state index contributed by atoms with van der Waals surface area (Å²) >= 11 is 0. The number of benzene rings is 1. The van der Waals surface area contributed by atoms with Gasteiger partial charge in [0.25, 0.3) is 10.0 Å². The smallest absolute Gasteiger partial charge is 0.449 e. The van der Waals surface area contributed by atoms with Gasteiger partial charge in [-0.2, -0.15) is 17.5 Å². The van der Waals surface area contributed by atoms with Crippen LogP contribution >= 0.6 is 0 Å². The quantitative estimate of drug-likeness (QED) is 0.850. The molecule has 1 aromatic carbocycles. The molecule has 6 nitrogen and oxygen atoms in total. The number of sulfonamides is 1. The predicted octanol–water partition coefficient (Wildman–Crippen LogP) is 2.48. The third kappa shape index (κ3) is 2.78. The number of fused-ring (bicyclic) bond motifs is 1. The standard InChI is InChI=1S/C15H16F3NO5S/c1-3-19(4-2)25(22,23)14(15(16,17)18)11(13(20)21)9-10-7-5-6-8-12(10)24-14/h5-9H,3-4H2,1-2H3,(H,20,21). The minimum Gasteiger partial charge on any atom is -0.478 e. The van der Waals surface area contributed by atoms with Gasteiger partial charge in [0.1, 0.15) is 11.3 Å². The maximum atomic E-state index is 14.0. The summed E-state index contributed by atoms with van der Waals surface area (Å²) in [4.78, 5) is 7.52. The van der Waals surface area contributed by atoms with Crippen LogP contribution in [0.1, 0.15) is 19.4 Å². The van der Waals surface area contributed by atoms with Gasteiger partial charge in [0, 0.05) is 18.7 Å². The Kier molecular flexibility index (Phi) is 4.88. The van der Waals surface area contributed by atoms with E-state index in [1.165, 1.54) is 32.0 Å². The Hall–Kier alpha value is -2.07. The zero-order valence-corrected chi connectivity index (χ0v) is 14.2. The van der Waals surface area contributed by atoms with Gasteiger partial charge in [-0.25, -0.2) is 13.2 Å². The SMILES string of the molecule is CCN(CC)S(=O)(=O)C1(C(F)(F)F)Oc2ccccc2C=C1C(=O)O. The molecule has 1 atom stereocenters. The summed E-state index contributed by atoms with van der Waals surface area (Å²) in [5, 5.41) is 9.32. The van der Waals surface area contributed by atoms with Crippen LogP contribution < -0.4 is 4.74 Å². The molecule has 10 heteroatoms. The van der Waals surface area contributed by atoms with Gasteiger partial charge in [0.2, 0.25) is 0 Å². The molecule has 1 aliphatic rings. The van der Waals surface area contributed by atoms with Crippen molar-refractivity contribution in [3.63, 3.8) is 0 Å². The highest BCUT2D eigenvalue weighted by Gasteiger charge is 2.73. The van der Waals surface area contributed by atoms with E-state index in [-0.39, 0.29) is 24.4 Å². The Morgan fingerprint density at radius 3 is 2.28 bits per heavy atom. The molecule has 0 radical (unpaired) electrons. The molecule has 1 N–H and O–H groups in total. The largest absolute Gasteiger partial charge is 0.478 e. The minimum absolute atomic E-state index is 0.0505. The average Bonchev–Trinajstić information content (AvgIpc) is 2.53. The number of carboxylic acid groups (broad SMARTS) is 1. The highest BCUT2D eigenvalue weighted by Crippen LogP contribution is 2.49. The lowest BCUT2D eigenvalue weighted by Gasteiger charge is -2.40. The Morgan fingerprint density at radius 2 is 1.80 bits per heavy atom. The molecule has 138 valence electrons. The van der Waals surface area contributed by atoms with Crippen molar-refractivity contribution < 1.29 is 36.2 Å². The van der Waals surface area contributed by atoms with Crippen LogP contribution in [-0.4, -0.2) is 48.0 Å². The summed E-state index contributed by atoms with van der Waals surface area (Å²) in [6.45, 7) is 2.17. The van der Waals surface area contributed by atoms with Crippen LogP contribution in [0.5, 0.6) is 5.75 Å². The van der Waals surface area contributed by atoms with Crippen molar-refractivity contribution in [1.82, 2.24) is 4.31 Å². The van der Waals surface area contributed by atoms with Crippen molar-refractivity contribution in [3.8, 4) is 5.75 Å². The summed E-state index contributed by atoms with van der Waals surface area (Å²) < 4.78 is 73.1. The Bertz CT molecular complexity index is 815. The van der Waals surface area contributed by atoms with E-state index in [1.807, 2.05) is 0 Å². The van der Waals surface area contributed by atoms with Crippen LogP contribution in [0.3, 0.4) is 0 Å². The van der Waals surface area contributed by atoms with E-state index < -0.39 is 32.7 Å². The zero-order chi connectivity index (χ0) is 19.0. The maximum Gasteiger partial charge on any atom is 0.449 e. The molecule has 1 unspecified atom stereocenters. The molecule has 2 rings (SSSR count). The number of alkyl halides is 3. The second-order valence-electron chi connectivity index (χ2n) is 5.21. The highest BCUT2D eigenvalue weighted by molar-refractivity contribution is 7.90. The van der Waals surface area contributed by atoms with E-state index in [9.17, 15) is 31.5 Å². The van der Waals surface area contributed by atoms with E-state index >= 15 is 0 Å². The van der Waals surface area contributed by atoms with Crippen molar-refractivity contribution in [1.29, 1.82) is 0 Å². The molecule has 0 saturated heterocycles. The van der Waals surface area contributed by atoms with E-state index in [1.54, 1.807) is 0 Å². The third-order valence-electron chi connectivity index (χ3n) is 3.84. The molecule has 25 heavy (non-hydrogen) atoms. The first-order valence-electron chi connectivity index (χ1n) is 7.32. The number of hydrogen-bond donors (Lipinski definition) is 1. The van der Waals surface area contributed by atoms with Gasteiger partial charge in [-0.3, -0.25) is 0 Å².